The molecule has 184 valence electrons. The molecule has 1 atom stereocenters. The lowest BCUT2D eigenvalue weighted by Crippen LogP contribution is -2.28. The van der Waals surface area contributed by atoms with E-state index in [-0.39, 0.29) is 0 Å². The topological polar surface area (TPSA) is 110 Å². The van der Waals surface area contributed by atoms with Crippen molar-refractivity contribution in [2.75, 3.05) is 31.0 Å². The summed E-state index contributed by atoms with van der Waals surface area (Å²) in [5, 5.41) is 20.9. The predicted molar refractivity (Wildman–Crippen MR) is 137 cm³/mol. The second-order valence-electron chi connectivity index (χ2n) is 8.24. The summed E-state index contributed by atoms with van der Waals surface area (Å²) in [5.41, 5.74) is -0.0185. The number of thiazole rings is 1. The van der Waals surface area contributed by atoms with Gasteiger partial charge in [0.05, 0.1) is 14.2 Å². The second-order valence-corrected chi connectivity index (χ2v) is 9.13. The van der Waals surface area contributed by atoms with Gasteiger partial charge in [-0.3, -0.25) is 0 Å². The summed E-state index contributed by atoms with van der Waals surface area (Å²) in [4.78, 5) is 15.4. The Morgan fingerprint density at radius 3 is 2.61 bits per heavy atom. The Hall–Kier alpha value is -4.14. The zero-order valence-corrected chi connectivity index (χ0v) is 20.9. The highest BCUT2D eigenvalue weighted by atomic mass is 32.1. The Kier molecular flexibility index (Phi) is 6.45. The molecule has 5 rings (SSSR count). The third kappa shape index (κ3) is 4.95. The summed E-state index contributed by atoms with van der Waals surface area (Å²) < 4.78 is 12.6. The van der Waals surface area contributed by atoms with Crippen molar-refractivity contribution in [1.82, 2.24) is 24.7 Å². The maximum Gasteiger partial charge on any atom is 0.229 e. The quantitative estimate of drug-likeness (QED) is 0.381. The molecule has 0 unspecified atom stereocenters. The standard InChI is InChI=1S/C25H25N7O3S/c1-25(33,23-26-9-12-36-23)7-5-17-15-22-31(10-4-11-32(22)30-17)21-6-8-27-24(29-21)28-18-13-19(34-2)16-20(14-18)35-3/h6,8-9,12-16,33H,4,10-11H2,1-3H3,(H,27,28,29)/t25-/m1/s1. The minimum Gasteiger partial charge on any atom is -0.497 e. The lowest BCUT2D eigenvalue weighted by Gasteiger charge is -2.28. The monoisotopic (exact) mass is 503 g/mol. The van der Waals surface area contributed by atoms with Crippen molar-refractivity contribution in [3.8, 4) is 23.3 Å². The molecule has 0 fully saturated rings. The smallest absolute Gasteiger partial charge is 0.229 e. The van der Waals surface area contributed by atoms with E-state index in [0.717, 1.165) is 36.8 Å². The minimum atomic E-state index is -1.34. The Bertz CT molecular complexity index is 1400. The van der Waals surface area contributed by atoms with Gasteiger partial charge in [-0.15, -0.1) is 11.3 Å². The number of fused-ring (bicyclic) bond motifs is 1. The number of aromatic nitrogens is 5. The Balaban J connectivity index is 1.40. The largest absolute Gasteiger partial charge is 0.497 e. The van der Waals surface area contributed by atoms with Gasteiger partial charge >= 0.3 is 0 Å². The van der Waals surface area contributed by atoms with Crippen LogP contribution in [0.3, 0.4) is 0 Å². The van der Waals surface area contributed by atoms with Crippen LogP contribution in [0, 0.1) is 11.8 Å². The third-order valence-electron chi connectivity index (χ3n) is 5.59. The number of methoxy groups -OCH3 is 2. The number of hydrogen-bond acceptors (Lipinski definition) is 10. The van der Waals surface area contributed by atoms with E-state index in [1.165, 1.54) is 11.3 Å². The molecule has 0 aliphatic carbocycles. The first-order chi connectivity index (χ1) is 17.4. The lowest BCUT2D eigenvalue weighted by molar-refractivity contribution is 0.122. The molecule has 0 saturated carbocycles. The normalized spacial score (nSPS) is 14.3. The summed E-state index contributed by atoms with van der Waals surface area (Å²) in [6.45, 7) is 3.18. The summed E-state index contributed by atoms with van der Waals surface area (Å²) >= 11 is 1.36. The Morgan fingerprint density at radius 1 is 1.08 bits per heavy atom. The maximum absolute atomic E-state index is 10.7. The number of nitrogens with one attached hydrogen (secondary N) is 1. The van der Waals surface area contributed by atoms with Gasteiger partial charge in [0.25, 0.3) is 0 Å². The molecule has 0 radical (unpaired) electrons. The molecule has 0 bridgehead atoms. The van der Waals surface area contributed by atoms with E-state index in [9.17, 15) is 5.11 Å². The van der Waals surface area contributed by atoms with Gasteiger partial charge in [0, 0.05) is 60.8 Å². The maximum atomic E-state index is 10.7. The molecule has 1 aliphatic rings. The minimum absolute atomic E-state index is 0.443. The molecule has 0 spiro atoms. The van der Waals surface area contributed by atoms with Crippen LogP contribution in [0.1, 0.15) is 24.0 Å². The fraction of sp³-hybridized carbons (Fsp3) is 0.280. The molecule has 1 aliphatic heterocycles. The van der Waals surface area contributed by atoms with Crippen LogP contribution in [-0.2, 0) is 12.1 Å². The van der Waals surface area contributed by atoms with Crippen LogP contribution in [0.4, 0.5) is 23.3 Å². The molecule has 3 aromatic heterocycles. The number of benzene rings is 1. The Labute approximate surface area is 212 Å². The summed E-state index contributed by atoms with van der Waals surface area (Å²) in [5.74, 6) is 9.29. The van der Waals surface area contributed by atoms with Crippen molar-refractivity contribution >= 4 is 34.6 Å². The van der Waals surface area contributed by atoms with E-state index in [2.05, 4.69) is 37.1 Å². The predicted octanol–water partition coefficient (Wildman–Crippen LogP) is 3.69. The lowest BCUT2D eigenvalue weighted by atomic mass is 10.1. The first-order valence-corrected chi connectivity index (χ1v) is 12.2. The van der Waals surface area contributed by atoms with Gasteiger partial charge in [0.1, 0.15) is 33.8 Å². The number of anilines is 4. The molecule has 36 heavy (non-hydrogen) atoms. The van der Waals surface area contributed by atoms with Gasteiger partial charge in [-0.1, -0.05) is 5.92 Å². The van der Waals surface area contributed by atoms with Crippen LogP contribution in [0.2, 0.25) is 0 Å². The Morgan fingerprint density at radius 2 is 1.89 bits per heavy atom. The first-order valence-electron chi connectivity index (χ1n) is 11.3. The number of ether oxygens (including phenoxy) is 2. The summed E-state index contributed by atoms with van der Waals surface area (Å²) in [6.07, 6.45) is 4.26. The highest BCUT2D eigenvalue weighted by molar-refractivity contribution is 7.09. The number of aliphatic hydroxyl groups is 1. The first kappa shape index (κ1) is 23.6. The zero-order valence-electron chi connectivity index (χ0n) is 20.1. The molecule has 4 aromatic rings. The van der Waals surface area contributed by atoms with Crippen molar-refractivity contribution in [3.63, 3.8) is 0 Å². The van der Waals surface area contributed by atoms with Crippen LogP contribution in [0.25, 0.3) is 0 Å². The van der Waals surface area contributed by atoms with Crippen LogP contribution < -0.4 is 19.7 Å². The van der Waals surface area contributed by atoms with Crippen LogP contribution >= 0.6 is 11.3 Å². The van der Waals surface area contributed by atoms with E-state index in [4.69, 9.17) is 14.5 Å². The summed E-state index contributed by atoms with van der Waals surface area (Å²) in [7, 11) is 3.21. The fourth-order valence-electron chi connectivity index (χ4n) is 3.85. The summed E-state index contributed by atoms with van der Waals surface area (Å²) in [6, 6.07) is 9.26. The number of nitrogens with zero attached hydrogens (tertiary/aromatic N) is 6. The van der Waals surface area contributed by atoms with E-state index in [1.54, 1.807) is 39.6 Å². The van der Waals surface area contributed by atoms with Crippen molar-refractivity contribution in [1.29, 1.82) is 0 Å². The van der Waals surface area contributed by atoms with Gasteiger partial charge in [0.2, 0.25) is 5.95 Å². The number of rotatable bonds is 6. The van der Waals surface area contributed by atoms with Crippen molar-refractivity contribution in [3.05, 3.63) is 58.8 Å². The molecular formula is C25H25N7O3S. The molecule has 11 heteroatoms. The van der Waals surface area contributed by atoms with Gasteiger partial charge in [-0.2, -0.15) is 10.1 Å². The SMILES string of the molecule is COc1cc(Nc2nccc(N3CCCn4nc(C#C[C@@](C)(O)c5nccs5)cc43)n2)cc(OC)c1. The number of hydrogen-bond donors (Lipinski definition) is 2. The molecule has 10 nitrogen and oxygen atoms in total. The van der Waals surface area contributed by atoms with Gasteiger partial charge in [0.15, 0.2) is 5.60 Å². The number of aryl methyl sites for hydroxylation is 1. The van der Waals surface area contributed by atoms with Crippen LogP contribution in [0.5, 0.6) is 11.5 Å². The highest BCUT2D eigenvalue weighted by Gasteiger charge is 2.24. The molecule has 0 amide bonds. The molecule has 2 N–H and O–H groups in total. The van der Waals surface area contributed by atoms with Crippen LogP contribution in [-0.4, -0.2) is 50.6 Å². The second kappa shape index (κ2) is 9.85. The molecule has 1 aromatic carbocycles. The van der Waals surface area contributed by atoms with E-state index < -0.39 is 5.60 Å². The third-order valence-corrected chi connectivity index (χ3v) is 6.58. The van der Waals surface area contributed by atoms with Gasteiger partial charge < -0.3 is 24.8 Å². The molecule has 4 heterocycles. The van der Waals surface area contributed by atoms with E-state index in [1.807, 2.05) is 34.3 Å². The van der Waals surface area contributed by atoms with E-state index in [0.29, 0.717) is 28.1 Å². The van der Waals surface area contributed by atoms with Crippen molar-refractivity contribution in [2.24, 2.45) is 0 Å². The average molecular weight is 504 g/mol. The van der Waals surface area contributed by atoms with Gasteiger partial charge in [-0.05, 0) is 25.3 Å². The molecular weight excluding hydrogens is 478 g/mol. The van der Waals surface area contributed by atoms with Crippen LogP contribution in [0.15, 0.2) is 48.1 Å². The van der Waals surface area contributed by atoms with Gasteiger partial charge in [-0.25, -0.2) is 14.6 Å². The zero-order chi connectivity index (χ0) is 25.1. The molecule has 0 saturated heterocycles. The van der Waals surface area contributed by atoms with Crippen molar-refractivity contribution in [2.45, 2.75) is 25.5 Å². The van der Waals surface area contributed by atoms with Crippen molar-refractivity contribution < 1.29 is 14.6 Å². The van der Waals surface area contributed by atoms with E-state index >= 15 is 0 Å². The highest BCUT2D eigenvalue weighted by Crippen LogP contribution is 2.31. The fourth-order valence-corrected chi connectivity index (χ4v) is 4.50. The average Bonchev–Trinajstić information content (AvgIpc) is 3.58.